The monoisotopic (exact) mass is 708 g/mol. The Kier molecular flexibility index (Phi) is 30.7. The SMILES string of the molecule is CC(C)(C)C[N-]c1ccccc1.CC(C)(C)C[N-]c1ccccc1.CC(C)(C)C[N-]c1ccccc1.CCOCC.[Na+].[PH+]#[Nb]. The number of nitrogens with zero attached hydrogens (tertiary/aromatic N) is 3. The molecular weight excluding hydrogens is 649 g/mol. The molecule has 3 rings (SSSR count). The predicted octanol–water partition coefficient (Wildman–Crippen LogP) is 9.85. The Bertz CT molecular complexity index is 904. The van der Waals surface area contributed by atoms with Crippen LogP contribution in [0.5, 0.6) is 0 Å². The molecule has 0 saturated heterocycles. The van der Waals surface area contributed by atoms with Crippen LogP contribution in [0.4, 0.5) is 17.1 Å². The van der Waals surface area contributed by atoms with Crippen LogP contribution in [0.2, 0.25) is 0 Å². The van der Waals surface area contributed by atoms with Crippen molar-refractivity contribution >= 4 is 23.5 Å². The molecule has 0 spiro atoms. The van der Waals surface area contributed by atoms with Crippen molar-refractivity contribution in [2.45, 2.75) is 76.2 Å². The summed E-state index contributed by atoms with van der Waals surface area (Å²) in [5.74, 6) is 0. The van der Waals surface area contributed by atoms with E-state index in [0.29, 0.717) is 0 Å². The molecule has 0 radical (unpaired) electrons. The van der Waals surface area contributed by atoms with Gasteiger partial charge in [-0.2, -0.15) is 0 Å². The molecule has 0 aliphatic heterocycles. The van der Waals surface area contributed by atoms with Gasteiger partial charge in [0.2, 0.25) is 0 Å². The van der Waals surface area contributed by atoms with E-state index in [1.165, 1.54) is 0 Å². The summed E-state index contributed by atoms with van der Waals surface area (Å²) in [6, 6.07) is 30.3. The molecule has 0 bridgehead atoms. The van der Waals surface area contributed by atoms with Crippen LogP contribution in [-0.2, 0) is 24.5 Å². The van der Waals surface area contributed by atoms with Crippen LogP contribution in [0.3, 0.4) is 0 Å². The number of para-hydroxylation sites is 3. The minimum absolute atomic E-state index is 0. The standard InChI is InChI=1S/3C11H16N.C4H10O.Na.Nb.HP/c3*1-11(2,3)9-12-10-7-5-4-6-8-10;1-3-5-4-2;;;/h3*4-8H,9H2,1-3H3;3-4H2,1-2H3;;;1H/q3*-1;;+1;;+1. The van der Waals surface area contributed by atoms with Crippen LogP contribution in [0.25, 0.3) is 16.0 Å². The third-order valence-electron chi connectivity index (χ3n) is 4.88. The van der Waals surface area contributed by atoms with Crippen LogP contribution in [0.15, 0.2) is 91.0 Å². The summed E-state index contributed by atoms with van der Waals surface area (Å²) < 4.78 is 4.83. The Hall–Kier alpha value is -0.810. The Morgan fingerprint density at radius 1 is 0.477 bits per heavy atom. The quantitative estimate of drug-likeness (QED) is 0.170. The number of hydrogen-bond acceptors (Lipinski definition) is 1. The number of rotatable bonds is 8. The van der Waals surface area contributed by atoms with Crippen LogP contribution in [-0.4, -0.2) is 32.8 Å². The second kappa shape index (κ2) is 28.4. The molecule has 0 atom stereocenters. The molecule has 0 aromatic heterocycles. The molecule has 0 aliphatic carbocycles. The fourth-order valence-electron chi connectivity index (χ4n) is 2.79. The summed E-state index contributed by atoms with van der Waals surface area (Å²) in [6.07, 6.45) is 3.02. The van der Waals surface area contributed by atoms with Crippen molar-refractivity contribution < 1.29 is 54.1 Å². The molecule has 7 heteroatoms. The number of ether oxygens (including phenoxy) is 1. The predicted molar refractivity (Wildman–Crippen MR) is 192 cm³/mol. The average molecular weight is 709 g/mol. The van der Waals surface area contributed by atoms with E-state index in [0.717, 1.165) is 49.9 Å². The number of benzene rings is 3. The van der Waals surface area contributed by atoms with Crippen LogP contribution in [0, 0.1) is 16.2 Å². The Morgan fingerprint density at radius 2 is 0.682 bits per heavy atom. The van der Waals surface area contributed by atoms with Crippen molar-refractivity contribution in [1.29, 1.82) is 0 Å². The third-order valence-corrected chi connectivity index (χ3v) is 4.88. The van der Waals surface area contributed by atoms with E-state index in [1.54, 1.807) is 19.8 Å². The zero-order chi connectivity index (χ0) is 33.2. The van der Waals surface area contributed by atoms with E-state index < -0.39 is 0 Å². The molecule has 3 aromatic carbocycles. The second-order valence-corrected chi connectivity index (χ2v) is 13.4. The molecule has 0 saturated carbocycles. The van der Waals surface area contributed by atoms with Crippen LogP contribution in [0.1, 0.15) is 76.2 Å². The van der Waals surface area contributed by atoms with Gasteiger partial charge in [-0.05, 0) is 13.8 Å². The van der Waals surface area contributed by atoms with E-state index in [9.17, 15) is 0 Å². The molecule has 0 fully saturated rings. The van der Waals surface area contributed by atoms with Gasteiger partial charge in [0.05, 0.1) is 0 Å². The fourth-order valence-corrected chi connectivity index (χ4v) is 2.79. The van der Waals surface area contributed by atoms with Gasteiger partial charge in [-0.1, -0.05) is 170 Å². The summed E-state index contributed by atoms with van der Waals surface area (Å²) in [5, 5.41) is 13.4. The van der Waals surface area contributed by atoms with Gasteiger partial charge < -0.3 is 20.7 Å². The van der Waals surface area contributed by atoms with Gasteiger partial charge >= 0.3 is 55.8 Å². The maximum absolute atomic E-state index is 4.83. The van der Waals surface area contributed by atoms with Crippen molar-refractivity contribution in [2.24, 2.45) is 16.2 Å². The minimum atomic E-state index is 0. The van der Waals surface area contributed by atoms with E-state index in [-0.39, 0.29) is 45.8 Å². The topological polar surface area (TPSA) is 51.5 Å². The van der Waals surface area contributed by atoms with Gasteiger partial charge in [0, 0.05) is 13.2 Å². The summed E-state index contributed by atoms with van der Waals surface area (Å²) in [4.78, 5) is 0. The first-order chi connectivity index (χ1) is 20.1. The van der Waals surface area contributed by atoms with Crippen molar-refractivity contribution in [3.8, 4) is 0 Å². The van der Waals surface area contributed by atoms with Gasteiger partial charge in [0.15, 0.2) is 0 Å². The van der Waals surface area contributed by atoms with Crippen molar-refractivity contribution in [1.82, 2.24) is 0 Å². The Balaban J connectivity index is -0.000000513. The Morgan fingerprint density at radius 3 is 0.818 bits per heavy atom. The van der Waals surface area contributed by atoms with Gasteiger partial charge in [-0.25, -0.2) is 0 Å². The van der Waals surface area contributed by atoms with Crippen LogP contribution < -0.4 is 29.6 Å². The molecule has 44 heavy (non-hydrogen) atoms. The second-order valence-electron chi connectivity index (χ2n) is 13.4. The average Bonchev–Trinajstić information content (AvgIpc) is 2.97. The first-order valence-corrected chi connectivity index (χ1v) is 18.9. The molecule has 0 aliphatic rings. The van der Waals surface area contributed by atoms with E-state index in [2.05, 4.69) is 84.7 Å². The molecular formula is C37H59N3NaNbOP-. The molecule has 0 amide bonds. The molecule has 4 nitrogen and oxygen atoms in total. The first kappa shape index (κ1) is 47.6. The summed E-state index contributed by atoms with van der Waals surface area (Å²) in [6.45, 7) is 28.1. The van der Waals surface area contributed by atoms with Crippen LogP contribution >= 0.6 is 6.45 Å². The fraction of sp³-hybridized carbons (Fsp3) is 0.514. The van der Waals surface area contributed by atoms with E-state index in [4.69, 9.17) is 4.74 Å². The molecule has 0 N–H and O–H groups in total. The number of hydrogen-bond donors (Lipinski definition) is 0. The molecule has 0 heterocycles. The van der Waals surface area contributed by atoms with Crippen molar-refractivity contribution in [2.75, 3.05) is 32.8 Å². The molecule has 0 unspecified atom stereocenters. The zero-order valence-electron chi connectivity index (χ0n) is 29.9. The molecule has 3 aromatic rings. The van der Waals surface area contributed by atoms with E-state index >= 15 is 0 Å². The summed E-state index contributed by atoms with van der Waals surface area (Å²) >= 11 is 1.56. The summed E-state index contributed by atoms with van der Waals surface area (Å²) in [5.41, 5.74) is 4.09. The van der Waals surface area contributed by atoms with E-state index in [1.807, 2.05) is 105 Å². The van der Waals surface area contributed by atoms with Crippen molar-refractivity contribution in [3.63, 3.8) is 0 Å². The Labute approximate surface area is 307 Å². The normalized spacial score (nSPS) is 10.2. The first-order valence-electron chi connectivity index (χ1n) is 15.1. The van der Waals surface area contributed by atoms with Crippen molar-refractivity contribution in [3.05, 3.63) is 107 Å². The van der Waals surface area contributed by atoms with Gasteiger partial charge in [-0.3, -0.25) is 0 Å². The van der Waals surface area contributed by atoms with Gasteiger partial charge in [0.25, 0.3) is 0 Å². The zero-order valence-corrected chi connectivity index (χ0v) is 35.1. The molecule has 240 valence electrons. The van der Waals surface area contributed by atoms with Gasteiger partial charge in [0.1, 0.15) is 0 Å². The van der Waals surface area contributed by atoms with Gasteiger partial charge in [-0.15, -0.1) is 36.7 Å². The summed E-state index contributed by atoms with van der Waals surface area (Å²) in [7, 11) is 0. The third kappa shape index (κ3) is 35.7. The maximum atomic E-state index is 4.83.